The Bertz CT molecular complexity index is 1460. The highest BCUT2D eigenvalue weighted by atomic mass is 16.5. The van der Waals surface area contributed by atoms with Gasteiger partial charge in [-0.1, -0.05) is 103 Å². The fraction of sp³-hybridized carbons (Fsp3) is 0.194. The van der Waals surface area contributed by atoms with Crippen molar-refractivity contribution in [3.63, 3.8) is 0 Å². The van der Waals surface area contributed by atoms with E-state index in [-0.39, 0.29) is 17.6 Å². The first-order valence-electron chi connectivity index (χ1n) is 13.5. The summed E-state index contributed by atoms with van der Waals surface area (Å²) >= 11 is 0. The van der Waals surface area contributed by atoms with Gasteiger partial charge in [0.1, 0.15) is 11.5 Å². The maximum absolute atomic E-state index is 14.1. The summed E-state index contributed by atoms with van der Waals surface area (Å²) in [6, 6.07) is 35.4. The summed E-state index contributed by atoms with van der Waals surface area (Å²) < 4.78 is 10.8. The molecular formula is C36H34O4. The SMILES string of the molecule is COc1ccc([C@@H]2[C@@H](c3ccc(OC)cc3)C[C@](O)(/C=C/c3ccccc3)[C@H]2C(=O)/C=C/c2ccccc2)cc1. The molecule has 4 aromatic rings. The summed E-state index contributed by atoms with van der Waals surface area (Å²) in [6.45, 7) is 0. The van der Waals surface area contributed by atoms with Gasteiger partial charge in [0.2, 0.25) is 0 Å². The molecule has 1 saturated carbocycles. The van der Waals surface area contributed by atoms with Crippen molar-refractivity contribution >= 4 is 17.9 Å². The van der Waals surface area contributed by atoms with Crippen molar-refractivity contribution in [2.45, 2.75) is 23.9 Å². The van der Waals surface area contributed by atoms with Gasteiger partial charge < -0.3 is 14.6 Å². The highest BCUT2D eigenvalue weighted by molar-refractivity contribution is 5.97. The van der Waals surface area contributed by atoms with Gasteiger partial charge in [-0.05, 0) is 64.9 Å². The maximum Gasteiger partial charge on any atom is 0.162 e. The second-order valence-electron chi connectivity index (χ2n) is 10.2. The molecule has 4 nitrogen and oxygen atoms in total. The van der Waals surface area contributed by atoms with Crippen molar-refractivity contribution in [1.29, 1.82) is 0 Å². The van der Waals surface area contributed by atoms with E-state index < -0.39 is 11.5 Å². The van der Waals surface area contributed by atoms with E-state index >= 15 is 0 Å². The molecule has 1 aliphatic carbocycles. The number of carbonyl (C=O) groups is 1. The summed E-state index contributed by atoms with van der Waals surface area (Å²) in [6.07, 6.45) is 7.59. The second-order valence-corrected chi connectivity index (χ2v) is 10.2. The van der Waals surface area contributed by atoms with Crippen molar-refractivity contribution in [3.8, 4) is 11.5 Å². The molecule has 0 aliphatic heterocycles. The second kappa shape index (κ2) is 12.2. The van der Waals surface area contributed by atoms with Gasteiger partial charge in [-0.15, -0.1) is 0 Å². The normalized spacial score (nSPS) is 22.5. The number of rotatable bonds is 9. The number of allylic oxidation sites excluding steroid dienone is 1. The van der Waals surface area contributed by atoms with E-state index in [1.165, 1.54) is 0 Å². The molecule has 0 unspecified atom stereocenters. The number of aliphatic hydroxyl groups is 1. The van der Waals surface area contributed by atoms with E-state index in [1.54, 1.807) is 20.3 Å². The van der Waals surface area contributed by atoms with Crippen LogP contribution in [-0.2, 0) is 4.79 Å². The molecule has 1 fully saturated rings. The third-order valence-corrected chi connectivity index (χ3v) is 7.83. The lowest BCUT2D eigenvalue weighted by atomic mass is 9.76. The number of benzene rings is 4. The van der Waals surface area contributed by atoms with E-state index in [2.05, 4.69) is 0 Å². The van der Waals surface area contributed by atoms with Crippen molar-refractivity contribution in [2.24, 2.45) is 5.92 Å². The number of hydrogen-bond donors (Lipinski definition) is 1. The summed E-state index contributed by atoms with van der Waals surface area (Å²) in [4.78, 5) is 14.1. The predicted octanol–water partition coefficient (Wildman–Crippen LogP) is 7.32. The smallest absolute Gasteiger partial charge is 0.162 e. The summed E-state index contributed by atoms with van der Waals surface area (Å²) in [5.74, 6) is 0.324. The van der Waals surface area contributed by atoms with E-state index in [1.807, 2.05) is 127 Å². The van der Waals surface area contributed by atoms with Gasteiger partial charge in [0.05, 0.1) is 25.7 Å². The van der Waals surface area contributed by atoms with Gasteiger partial charge >= 0.3 is 0 Å². The van der Waals surface area contributed by atoms with Crippen LogP contribution in [0.1, 0.15) is 40.5 Å². The Kier molecular flexibility index (Phi) is 8.28. The zero-order chi connectivity index (χ0) is 28.0. The molecule has 0 amide bonds. The van der Waals surface area contributed by atoms with E-state index in [4.69, 9.17) is 9.47 Å². The number of hydrogen-bond acceptors (Lipinski definition) is 4. The highest BCUT2D eigenvalue weighted by Gasteiger charge is 2.54. The topological polar surface area (TPSA) is 55.8 Å². The first-order chi connectivity index (χ1) is 19.5. The molecular weight excluding hydrogens is 496 g/mol. The van der Waals surface area contributed by atoms with Crippen LogP contribution in [0.3, 0.4) is 0 Å². The Balaban J connectivity index is 1.62. The van der Waals surface area contributed by atoms with Crippen LogP contribution in [0.4, 0.5) is 0 Å². The zero-order valence-electron chi connectivity index (χ0n) is 22.8. The average Bonchev–Trinajstić information content (AvgIpc) is 3.33. The van der Waals surface area contributed by atoms with Gasteiger partial charge in [-0.3, -0.25) is 4.79 Å². The Labute approximate surface area is 236 Å². The Morgan fingerprint density at radius 1 is 0.725 bits per heavy atom. The molecule has 0 spiro atoms. The standard InChI is InChI=1S/C36H34O4/c1-39-30-18-14-28(15-19-30)32-25-36(38,24-23-27-11-7-4-8-12-27)35(33(37)22-13-26-9-5-3-6-10-26)34(32)29-16-20-31(40-2)21-17-29/h3-24,32,34-35,38H,25H2,1-2H3/b22-13+,24-23+/t32-,34-,35+,36-/m1/s1. The van der Waals surface area contributed by atoms with Crippen molar-refractivity contribution in [3.05, 3.63) is 144 Å². The minimum absolute atomic E-state index is 0.108. The molecule has 0 radical (unpaired) electrons. The average molecular weight is 531 g/mol. The largest absolute Gasteiger partial charge is 0.497 e. The van der Waals surface area contributed by atoms with Crippen LogP contribution < -0.4 is 9.47 Å². The minimum Gasteiger partial charge on any atom is -0.497 e. The zero-order valence-corrected chi connectivity index (χ0v) is 22.8. The number of ether oxygens (including phenoxy) is 2. The van der Waals surface area contributed by atoms with Crippen LogP contribution in [-0.4, -0.2) is 30.7 Å². The third kappa shape index (κ3) is 5.93. The van der Waals surface area contributed by atoms with Crippen LogP contribution in [0.25, 0.3) is 12.2 Å². The molecule has 5 rings (SSSR count). The molecule has 4 heteroatoms. The number of methoxy groups -OCH3 is 2. The minimum atomic E-state index is -1.37. The lowest BCUT2D eigenvalue weighted by molar-refractivity contribution is -0.123. The van der Waals surface area contributed by atoms with Crippen LogP contribution >= 0.6 is 0 Å². The van der Waals surface area contributed by atoms with Crippen molar-refractivity contribution in [1.82, 2.24) is 0 Å². The maximum atomic E-state index is 14.1. The van der Waals surface area contributed by atoms with Gasteiger partial charge in [-0.2, -0.15) is 0 Å². The molecule has 4 aromatic carbocycles. The molecule has 0 heterocycles. The molecule has 202 valence electrons. The third-order valence-electron chi connectivity index (χ3n) is 7.83. The first kappa shape index (κ1) is 27.2. The van der Waals surface area contributed by atoms with Crippen molar-refractivity contribution in [2.75, 3.05) is 14.2 Å². The fourth-order valence-electron chi connectivity index (χ4n) is 5.82. The van der Waals surface area contributed by atoms with Crippen LogP contribution in [0, 0.1) is 5.92 Å². The summed E-state index contributed by atoms with van der Waals surface area (Å²) in [7, 11) is 3.28. The van der Waals surface area contributed by atoms with Gasteiger partial charge in [0.25, 0.3) is 0 Å². The molecule has 4 atom stereocenters. The molecule has 1 aliphatic rings. The Morgan fingerprint density at radius 2 is 1.23 bits per heavy atom. The van der Waals surface area contributed by atoms with Gasteiger partial charge in [0.15, 0.2) is 5.78 Å². The van der Waals surface area contributed by atoms with Crippen LogP contribution in [0.5, 0.6) is 11.5 Å². The van der Waals surface area contributed by atoms with Gasteiger partial charge in [0, 0.05) is 5.92 Å². The Hall–Kier alpha value is -4.41. The monoisotopic (exact) mass is 530 g/mol. The van der Waals surface area contributed by atoms with E-state index in [0.29, 0.717) is 6.42 Å². The quantitative estimate of drug-likeness (QED) is 0.230. The molecule has 0 bridgehead atoms. The lowest BCUT2D eigenvalue weighted by Crippen LogP contribution is -2.37. The molecule has 0 saturated heterocycles. The van der Waals surface area contributed by atoms with Gasteiger partial charge in [-0.25, -0.2) is 0 Å². The predicted molar refractivity (Wildman–Crippen MR) is 160 cm³/mol. The van der Waals surface area contributed by atoms with Crippen LogP contribution in [0.15, 0.2) is 121 Å². The lowest BCUT2D eigenvalue weighted by Gasteiger charge is -2.29. The van der Waals surface area contributed by atoms with Crippen molar-refractivity contribution < 1.29 is 19.4 Å². The number of carbonyl (C=O) groups excluding carboxylic acids is 1. The Morgan fingerprint density at radius 3 is 1.75 bits per heavy atom. The van der Waals surface area contributed by atoms with E-state index in [0.717, 1.165) is 33.8 Å². The molecule has 1 N–H and O–H groups in total. The van der Waals surface area contributed by atoms with E-state index in [9.17, 15) is 9.90 Å². The highest BCUT2D eigenvalue weighted by Crippen LogP contribution is 2.56. The first-order valence-corrected chi connectivity index (χ1v) is 13.5. The molecule has 0 aromatic heterocycles. The molecule has 40 heavy (non-hydrogen) atoms. The summed E-state index contributed by atoms with van der Waals surface area (Å²) in [5.41, 5.74) is 2.57. The van der Waals surface area contributed by atoms with Crippen LogP contribution in [0.2, 0.25) is 0 Å². The number of ketones is 1. The summed E-state index contributed by atoms with van der Waals surface area (Å²) in [5, 5.41) is 12.4. The fourth-order valence-corrected chi connectivity index (χ4v) is 5.82.